The molecule has 0 aliphatic rings. The fourth-order valence-electron chi connectivity index (χ4n) is 1.11. The minimum Gasteiger partial charge on any atom is -0.490 e. The summed E-state index contributed by atoms with van der Waals surface area (Å²) in [5, 5.41) is 10.5. The number of aliphatic hydroxyl groups is 1. The van der Waals surface area contributed by atoms with Gasteiger partial charge in [-0.15, -0.1) is 0 Å². The summed E-state index contributed by atoms with van der Waals surface area (Å²) >= 11 is 11.5. The fraction of sp³-hybridized carbons (Fsp3) is 0.364. The lowest BCUT2D eigenvalue weighted by Gasteiger charge is -2.20. The highest BCUT2D eigenvalue weighted by Crippen LogP contribution is 2.24. The SMILES string of the molecule is COC(=O)C(C)(O)COc1cc(Cl)cc(Cl)c1. The Morgan fingerprint density at radius 2 is 1.88 bits per heavy atom. The summed E-state index contributed by atoms with van der Waals surface area (Å²) in [5.74, 6) is -0.405. The Morgan fingerprint density at radius 3 is 2.35 bits per heavy atom. The number of methoxy groups -OCH3 is 1. The van der Waals surface area contributed by atoms with Gasteiger partial charge in [0.15, 0.2) is 5.60 Å². The molecular weight excluding hydrogens is 267 g/mol. The van der Waals surface area contributed by atoms with Gasteiger partial charge in [-0.2, -0.15) is 0 Å². The molecule has 17 heavy (non-hydrogen) atoms. The second kappa shape index (κ2) is 5.58. The fourth-order valence-corrected chi connectivity index (χ4v) is 1.62. The lowest BCUT2D eigenvalue weighted by atomic mass is 10.1. The maximum atomic E-state index is 11.2. The molecular formula is C11H12Cl2O4. The molecule has 1 aromatic carbocycles. The highest BCUT2D eigenvalue weighted by molar-refractivity contribution is 6.34. The molecule has 94 valence electrons. The number of ether oxygens (including phenoxy) is 2. The maximum absolute atomic E-state index is 11.2. The second-order valence-corrected chi connectivity index (χ2v) is 4.53. The third kappa shape index (κ3) is 4.07. The Labute approximate surface area is 109 Å². The molecule has 0 amide bonds. The first-order valence-corrected chi connectivity index (χ1v) is 5.50. The zero-order valence-corrected chi connectivity index (χ0v) is 10.9. The third-order valence-corrected chi connectivity index (χ3v) is 2.42. The van der Waals surface area contributed by atoms with Crippen LogP contribution in [0.25, 0.3) is 0 Å². The van der Waals surface area contributed by atoms with Crippen molar-refractivity contribution in [2.45, 2.75) is 12.5 Å². The van der Waals surface area contributed by atoms with Crippen LogP contribution in [0.2, 0.25) is 10.0 Å². The number of halogens is 2. The lowest BCUT2D eigenvalue weighted by molar-refractivity contribution is -0.163. The zero-order valence-electron chi connectivity index (χ0n) is 9.37. The normalized spacial score (nSPS) is 13.9. The zero-order chi connectivity index (χ0) is 13.1. The maximum Gasteiger partial charge on any atom is 0.341 e. The molecule has 0 spiro atoms. The van der Waals surface area contributed by atoms with Gasteiger partial charge in [0.2, 0.25) is 0 Å². The smallest absolute Gasteiger partial charge is 0.341 e. The molecule has 0 aromatic heterocycles. The van der Waals surface area contributed by atoms with E-state index in [9.17, 15) is 9.90 Å². The molecule has 0 saturated carbocycles. The number of rotatable bonds is 4. The lowest BCUT2D eigenvalue weighted by Crippen LogP contribution is -2.42. The second-order valence-electron chi connectivity index (χ2n) is 3.66. The van der Waals surface area contributed by atoms with Gasteiger partial charge in [0.25, 0.3) is 0 Å². The van der Waals surface area contributed by atoms with Crippen LogP contribution >= 0.6 is 23.2 Å². The van der Waals surface area contributed by atoms with Gasteiger partial charge in [-0.25, -0.2) is 4.79 Å². The highest BCUT2D eigenvalue weighted by atomic mass is 35.5. The first-order chi connectivity index (χ1) is 7.85. The number of esters is 1. The molecule has 0 aliphatic heterocycles. The molecule has 4 nitrogen and oxygen atoms in total. The van der Waals surface area contributed by atoms with Gasteiger partial charge in [0.1, 0.15) is 12.4 Å². The molecule has 0 saturated heterocycles. The molecule has 1 rings (SSSR count). The number of hydrogen-bond acceptors (Lipinski definition) is 4. The van der Waals surface area contributed by atoms with E-state index in [1.165, 1.54) is 26.2 Å². The van der Waals surface area contributed by atoms with E-state index in [4.69, 9.17) is 27.9 Å². The van der Waals surface area contributed by atoms with E-state index < -0.39 is 11.6 Å². The van der Waals surface area contributed by atoms with E-state index in [0.29, 0.717) is 15.8 Å². The predicted molar refractivity (Wildman–Crippen MR) is 64.6 cm³/mol. The van der Waals surface area contributed by atoms with E-state index in [0.717, 1.165) is 0 Å². The summed E-state index contributed by atoms with van der Waals surface area (Å²) in [5.41, 5.74) is -1.72. The molecule has 0 radical (unpaired) electrons. The van der Waals surface area contributed by atoms with Crippen LogP contribution in [0.4, 0.5) is 0 Å². The number of carbonyl (C=O) groups is 1. The predicted octanol–water partition coefficient (Wildman–Crippen LogP) is 2.30. The quantitative estimate of drug-likeness (QED) is 0.859. The van der Waals surface area contributed by atoms with E-state index >= 15 is 0 Å². The Bertz CT molecular complexity index is 398. The summed E-state index contributed by atoms with van der Waals surface area (Å²) in [4.78, 5) is 11.2. The highest BCUT2D eigenvalue weighted by Gasteiger charge is 2.32. The van der Waals surface area contributed by atoms with Crippen molar-refractivity contribution < 1.29 is 19.4 Å². The van der Waals surface area contributed by atoms with Crippen LogP contribution in [0, 0.1) is 0 Å². The number of carbonyl (C=O) groups excluding carboxylic acids is 1. The molecule has 1 unspecified atom stereocenters. The van der Waals surface area contributed by atoms with Crippen molar-refractivity contribution in [3.63, 3.8) is 0 Å². The van der Waals surface area contributed by atoms with Gasteiger partial charge in [-0.3, -0.25) is 0 Å². The van der Waals surface area contributed by atoms with Crippen molar-refractivity contribution in [1.82, 2.24) is 0 Å². The number of hydrogen-bond donors (Lipinski definition) is 1. The standard InChI is InChI=1S/C11H12Cl2O4/c1-11(15,10(14)16-2)6-17-9-4-7(12)3-8(13)5-9/h3-5,15H,6H2,1-2H3. The molecule has 0 fully saturated rings. The summed E-state index contributed by atoms with van der Waals surface area (Å²) in [7, 11) is 1.19. The molecule has 1 N–H and O–H groups in total. The van der Waals surface area contributed by atoms with Gasteiger partial charge in [-0.05, 0) is 25.1 Å². The van der Waals surface area contributed by atoms with E-state index in [2.05, 4.69) is 4.74 Å². The largest absolute Gasteiger partial charge is 0.490 e. The van der Waals surface area contributed by atoms with Crippen molar-refractivity contribution in [2.24, 2.45) is 0 Å². The van der Waals surface area contributed by atoms with Crippen molar-refractivity contribution in [1.29, 1.82) is 0 Å². The van der Waals surface area contributed by atoms with Gasteiger partial charge in [0.05, 0.1) is 7.11 Å². The Kier molecular flexibility index (Phi) is 4.62. The van der Waals surface area contributed by atoms with Crippen LogP contribution in [0.5, 0.6) is 5.75 Å². The van der Waals surface area contributed by atoms with E-state index in [1.807, 2.05) is 0 Å². The van der Waals surface area contributed by atoms with Crippen LogP contribution in [0.1, 0.15) is 6.92 Å². The molecule has 1 aromatic rings. The van der Waals surface area contributed by atoms with E-state index in [1.54, 1.807) is 6.07 Å². The van der Waals surface area contributed by atoms with Crippen molar-refractivity contribution >= 4 is 29.2 Å². The van der Waals surface area contributed by atoms with Crippen LogP contribution < -0.4 is 4.74 Å². The number of benzene rings is 1. The van der Waals surface area contributed by atoms with Crippen molar-refractivity contribution in [3.8, 4) is 5.75 Å². The molecule has 0 aliphatic carbocycles. The average Bonchev–Trinajstić information content (AvgIpc) is 2.24. The van der Waals surface area contributed by atoms with Gasteiger partial charge in [-0.1, -0.05) is 23.2 Å². The van der Waals surface area contributed by atoms with Crippen LogP contribution in [0.15, 0.2) is 18.2 Å². The Morgan fingerprint density at radius 1 is 1.35 bits per heavy atom. The van der Waals surface area contributed by atoms with Gasteiger partial charge in [0, 0.05) is 10.0 Å². The molecule has 0 heterocycles. The topological polar surface area (TPSA) is 55.8 Å². The summed E-state index contributed by atoms with van der Waals surface area (Å²) in [6.45, 7) is 1.04. The van der Waals surface area contributed by atoms with Crippen LogP contribution in [-0.2, 0) is 9.53 Å². The minimum atomic E-state index is -1.72. The average molecular weight is 279 g/mol. The Hall–Kier alpha value is -0.970. The van der Waals surface area contributed by atoms with Gasteiger partial charge >= 0.3 is 5.97 Å². The third-order valence-electron chi connectivity index (χ3n) is 1.98. The van der Waals surface area contributed by atoms with Crippen LogP contribution in [0.3, 0.4) is 0 Å². The molecule has 0 bridgehead atoms. The minimum absolute atomic E-state index is 0.254. The van der Waals surface area contributed by atoms with Crippen molar-refractivity contribution in [3.05, 3.63) is 28.2 Å². The first-order valence-electron chi connectivity index (χ1n) is 4.75. The summed E-state index contributed by atoms with van der Waals surface area (Å²) in [6.07, 6.45) is 0. The van der Waals surface area contributed by atoms with Crippen LogP contribution in [-0.4, -0.2) is 30.4 Å². The van der Waals surface area contributed by atoms with Crippen molar-refractivity contribution in [2.75, 3.05) is 13.7 Å². The molecule has 1 atom stereocenters. The Balaban J connectivity index is 2.70. The van der Waals surface area contributed by atoms with Gasteiger partial charge < -0.3 is 14.6 Å². The molecule has 6 heteroatoms. The van der Waals surface area contributed by atoms with E-state index in [-0.39, 0.29) is 6.61 Å². The first kappa shape index (κ1) is 14.1. The summed E-state index contributed by atoms with van der Waals surface area (Å²) < 4.78 is 9.67. The monoisotopic (exact) mass is 278 g/mol. The summed E-state index contributed by atoms with van der Waals surface area (Å²) in [6, 6.07) is 4.61.